The van der Waals surface area contributed by atoms with E-state index < -0.39 is 11.6 Å². The fraction of sp³-hybridized carbons (Fsp3) is 0.905. The van der Waals surface area contributed by atoms with Gasteiger partial charge in [0.05, 0.1) is 0 Å². The highest BCUT2D eigenvalue weighted by atomic mass is 19.1. The van der Waals surface area contributed by atoms with Crippen LogP contribution in [-0.4, -0.2) is 24.8 Å². The molecule has 0 amide bonds. The van der Waals surface area contributed by atoms with Gasteiger partial charge in [-0.1, -0.05) is 67.4 Å². The van der Waals surface area contributed by atoms with Gasteiger partial charge in [0, 0.05) is 17.5 Å². The lowest BCUT2D eigenvalue weighted by atomic mass is 9.73. The lowest BCUT2D eigenvalue weighted by Gasteiger charge is -2.39. The molecule has 0 aromatic heterocycles. The number of nitrogens with two attached hydrogens (primary N) is 1. The molecule has 0 aliphatic heterocycles. The van der Waals surface area contributed by atoms with Gasteiger partial charge >= 0.3 is 0 Å². The molecular weight excluding hydrogens is 299 g/mol. The first kappa shape index (κ1) is 23.6. The number of hydrogen-bond donors (Lipinski definition) is 2. The highest BCUT2D eigenvalue weighted by Crippen LogP contribution is 2.33. The van der Waals surface area contributed by atoms with Crippen molar-refractivity contribution in [2.75, 3.05) is 6.54 Å². The van der Waals surface area contributed by atoms with Crippen LogP contribution in [0.2, 0.25) is 0 Å². The fourth-order valence-electron chi connectivity index (χ4n) is 3.52. The third kappa shape index (κ3) is 7.65. The van der Waals surface area contributed by atoms with Crippen LogP contribution < -0.4 is 11.1 Å². The van der Waals surface area contributed by atoms with Crippen LogP contribution >= 0.6 is 0 Å². The molecule has 0 heterocycles. The summed E-state index contributed by atoms with van der Waals surface area (Å²) in [4.78, 5) is 0. The van der Waals surface area contributed by atoms with Crippen molar-refractivity contribution in [1.82, 2.24) is 5.32 Å². The van der Waals surface area contributed by atoms with E-state index in [1.165, 1.54) is 25.3 Å². The van der Waals surface area contributed by atoms with Crippen LogP contribution in [0.1, 0.15) is 74.1 Å². The van der Waals surface area contributed by atoms with Crippen molar-refractivity contribution in [2.24, 2.45) is 28.9 Å². The Labute approximate surface area is 150 Å². The largest absolute Gasteiger partial charge is 0.327 e. The summed E-state index contributed by atoms with van der Waals surface area (Å²) in [6.45, 7) is 19.6. The summed E-state index contributed by atoms with van der Waals surface area (Å²) in [6.07, 6.45) is 4.83. The van der Waals surface area contributed by atoms with E-state index in [9.17, 15) is 4.39 Å². The minimum Gasteiger partial charge on any atom is -0.327 e. The third-order valence-electron chi connectivity index (χ3n) is 5.54. The maximum atomic E-state index is 14.2. The van der Waals surface area contributed by atoms with Crippen LogP contribution in [0.5, 0.6) is 0 Å². The summed E-state index contributed by atoms with van der Waals surface area (Å²) in [7, 11) is 0. The monoisotopic (exact) mass is 342 g/mol. The van der Waals surface area contributed by atoms with Gasteiger partial charge in [-0.05, 0) is 37.1 Å². The topological polar surface area (TPSA) is 38.0 Å². The lowest BCUT2D eigenvalue weighted by molar-refractivity contribution is 0.124. The first-order valence-corrected chi connectivity index (χ1v) is 9.83. The number of alkyl halides is 1. The average Bonchev–Trinajstić information content (AvgIpc) is 2.49. The van der Waals surface area contributed by atoms with E-state index in [0.29, 0.717) is 17.9 Å². The zero-order valence-corrected chi connectivity index (χ0v) is 17.2. The van der Waals surface area contributed by atoms with Crippen molar-refractivity contribution in [3.8, 4) is 0 Å². The Morgan fingerprint density at radius 3 is 2.17 bits per heavy atom. The summed E-state index contributed by atoms with van der Waals surface area (Å²) in [5.74, 6) is 1.92. The molecule has 4 atom stereocenters. The Morgan fingerprint density at radius 2 is 1.75 bits per heavy atom. The first-order chi connectivity index (χ1) is 11.1. The molecular formula is C21H43FN2. The summed E-state index contributed by atoms with van der Waals surface area (Å²) in [6, 6.07) is 0.148. The van der Waals surface area contributed by atoms with Gasteiger partial charge in [0.25, 0.3) is 0 Å². The van der Waals surface area contributed by atoms with E-state index in [-0.39, 0.29) is 6.04 Å². The van der Waals surface area contributed by atoms with Crippen molar-refractivity contribution in [3.63, 3.8) is 0 Å². The van der Waals surface area contributed by atoms with Gasteiger partial charge in [-0.3, -0.25) is 0 Å². The summed E-state index contributed by atoms with van der Waals surface area (Å²) >= 11 is 0. The summed E-state index contributed by atoms with van der Waals surface area (Å²) in [5, 5.41) is 3.63. The van der Waals surface area contributed by atoms with Gasteiger partial charge in [-0.25, -0.2) is 4.39 Å². The van der Waals surface area contributed by atoms with Crippen molar-refractivity contribution in [2.45, 2.75) is 92.4 Å². The Morgan fingerprint density at radius 1 is 1.17 bits per heavy atom. The molecule has 0 aliphatic carbocycles. The average molecular weight is 343 g/mol. The van der Waals surface area contributed by atoms with Crippen LogP contribution in [-0.2, 0) is 0 Å². The molecule has 144 valence electrons. The van der Waals surface area contributed by atoms with Crippen LogP contribution in [0.25, 0.3) is 0 Å². The van der Waals surface area contributed by atoms with Crippen molar-refractivity contribution >= 4 is 0 Å². The van der Waals surface area contributed by atoms with Crippen molar-refractivity contribution in [3.05, 3.63) is 12.7 Å². The lowest BCUT2D eigenvalue weighted by Crippen LogP contribution is -2.50. The second-order valence-corrected chi connectivity index (χ2v) is 8.70. The molecule has 0 fully saturated rings. The molecule has 0 rings (SSSR count). The minimum absolute atomic E-state index is 0.194. The van der Waals surface area contributed by atoms with Gasteiger partial charge in [0.1, 0.15) is 6.17 Å². The van der Waals surface area contributed by atoms with Crippen molar-refractivity contribution in [1.29, 1.82) is 0 Å². The van der Waals surface area contributed by atoms with Gasteiger partial charge in [0.2, 0.25) is 0 Å². The highest BCUT2D eigenvalue weighted by molar-refractivity contribution is 4.98. The van der Waals surface area contributed by atoms with E-state index in [2.05, 4.69) is 46.5 Å². The predicted molar refractivity (Wildman–Crippen MR) is 106 cm³/mol. The maximum Gasteiger partial charge on any atom is 0.125 e. The zero-order chi connectivity index (χ0) is 18.9. The standard InChI is InChI=1S/C21H43FN2/c1-9-19(22)21(7,8)20(23)14-18(24-10-2)17(16(5)6)13-11-12-15(3)4/h9,15-20,24H,1,10-14,23H2,2-8H3. The van der Waals surface area contributed by atoms with Crippen LogP contribution in [0.15, 0.2) is 12.7 Å². The summed E-state index contributed by atoms with van der Waals surface area (Å²) < 4.78 is 14.2. The number of halogens is 1. The Kier molecular flexibility index (Phi) is 11.1. The number of rotatable bonds is 13. The molecule has 0 spiro atoms. The normalized spacial score (nSPS) is 17.8. The number of allylic oxidation sites excluding steroid dienone is 1. The third-order valence-corrected chi connectivity index (χ3v) is 5.54. The van der Waals surface area contributed by atoms with E-state index in [1.54, 1.807) is 0 Å². The fourth-order valence-corrected chi connectivity index (χ4v) is 3.52. The second kappa shape index (κ2) is 11.3. The van der Waals surface area contributed by atoms with Gasteiger partial charge in [0.15, 0.2) is 0 Å². The van der Waals surface area contributed by atoms with E-state index >= 15 is 0 Å². The van der Waals surface area contributed by atoms with Crippen LogP contribution in [0.4, 0.5) is 4.39 Å². The van der Waals surface area contributed by atoms with Crippen LogP contribution in [0, 0.1) is 23.2 Å². The zero-order valence-electron chi connectivity index (χ0n) is 17.2. The molecule has 2 nitrogen and oxygen atoms in total. The van der Waals surface area contributed by atoms with Gasteiger partial charge in [-0.2, -0.15) is 0 Å². The molecule has 0 aromatic rings. The SMILES string of the molecule is C=CC(F)C(C)(C)C(N)CC(NCC)C(CCCC(C)C)C(C)C. The quantitative estimate of drug-likeness (QED) is 0.444. The van der Waals surface area contributed by atoms with E-state index in [4.69, 9.17) is 5.73 Å². The molecule has 0 saturated carbocycles. The van der Waals surface area contributed by atoms with Gasteiger partial charge < -0.3 is 11.1 Å². The Balaban J connectivity index is 5.03. The smallest absolute Gasteiger partial charge is 0.125 e. The molecule has 3 N–H and O–H groups in total. The summed E-state index contributed by atoms with van der Waals surface area (Å²) in [5.41, 5.74) is 5.86. The van der Waals surface area contributed by atoms with Crippen molar-refractivity contribution < 1.29 is 4.39 Å². The molecule has 0 bridgehead atoms. The first-order valence-electron chi connectivity index (χ1n) is 9.83. The highest BCUT2D eigenvalue weighted by Gasteiger charge is 2.37. The number of hydrogen-bond acceptors (Lipinski definition) is 2. The minimum atomic E-state index is -1.08. The molecule has 0 aliphatic rings. The molecule has 0 radical (unpaired) electrons. The molecule has 0 saturated heterocycles. The molecule has 0 aromatic carbocycles. The predicted octanol–water partition coefficient (Wildman–Crippen LogP) is 5.33. The number of nitrogens with one attached hydrogen (secondary N) is 1. The van der Waals surface area contributed by atoms with Gasteiger partial charge in [-0.15, -0.1) is 6.58 Å². The van der Waals surface area contributed by atoms with Crippen LogP contribution in [0.3, 0.4) is 0 Å². The maximum absolute atomic E-state index is 14.2. The van der Waals surface area contributed by atoms with E-state index in [0.717, 1.165) is 18.9 Å². The molecule has 3 heteroatoms. The molecule has 4 unspecified atom stereocenters. The second-order valence-electron chi connectivity index (χ2n) is 8.70. The Bertz CT molecular complexity index is 339. The molecule has 24 heavy (non-hydrogen) atoms. The Hall–Kier alpha value is -0.410. The van der Waals surface area contributed by atoms with E-state index in [1.807, 2.05) is 13.8 Å².